The molecule has 4 N–H and O–H groups in total. The molecule has 3 rings (SSSR count). The molecule has 0 atom stereocenters. The highest BCUT2D eigenvalue weighted by Crippen LogP contribution is 2.29. The number of nitrogens with zero attached hydrogens (tertiary/aromatic N) is 3. The first kappa shape index (κ1) is 13.7. The maximum atomic E-state index is 5.44. The first-order valence-corrected chi connectivity index (χ1v) is 6.91. The van der Waals surface area contributed by atoms with Crippen LogP contribution in [0.1, 0.15) is 0 Å². The van der Waals surface area contributed by atoms with Crippen LogP contribution in [0.25, 0.3) is 5.65 Å². The predicted molar refractivity (Wildman–Crippen MR) is 84.8 cm³/mol. The van der Waals surface area contributed by atoms with E-state index in [1.54, 1.807) is 19.5 Å². The second kappa shape index (κ2) is 5.58. The van der Waals surface area contributed by atoms with Gasteiger partial charge in [-0.05, 0) is 34.1 Å². The predicted octanol–water partition coefficient (Wildman–Crippen LogP) is 2.53. The maximum absolute atomic E-state index is 5.44. The SMILES string of the molecule is COc1ccc(Nc2nc(NN)cn3ccnc23)cc1Br. The lowest BCUT2D eigenvalue weighted by Gasteiger charge is -2.11. The molecule has 0 spiro atoms. The monoisotopic (exact) mass is 348 g/mol. The Hall–Kier alpha value is -2.32. The van der Waals surface area contributed by atoms with E-state index in [9.17, 15) is 0 Å². The summed E-state index contributed by atoms with van der Waals surface area (Å²) in [7, 11) is 1.62. The Morgan fingerprint density at radius 2 is 2.24 bits per heavy atom. The number of rotatable bonds is 4. The smallest absolute Gasteiger partial charge is 0.180 e. The number of ether oxygens (including phenoxy) is 1. The Bertz CT molecular complexity index is 787. The highest BCUT2D eigenvalue weighted by Gasteiger charge is 2.08. The van der Waals surface area contributed by atoms with Gasteiger partial charge in [0.2, 0.25) is 0 Å². The van der Waals surface area contributed by atoms with Crippen molar-refractivity contribution in [1.82, 2.24) is 14.4 Å². The number of nitrogens with one attached hydrogen (secondary N) is 2. The Morgan fingerprint density at radius 1 is 1.38 bits per heavy atom. The van der Waals surface area contributed by atoms with Crippen LogP contribution < -0.4 is 21.3 Å². The number of hydrazine groups is 1. The number of methoxy groups -OCH3 is 1. The van der Waals surface area contributed by atoms with Gasteiger partial charge in [-0.15, -0.1) is 0 Å². The normalized spacial score (nSPS) is 10.6. The molecule has 0 amide bonds. The first-order chi connectivity index (χ1) is 10.2. The molecule has 0 aliphatic heterocycles. The second-order valence-electron chi connectivity index (χ2n) is 4.25. The lowest BCUT2D eigenvalue weighted by atomic mass is 10.3. The molecule has 0 saturated carbocycles. The van der Waals surface area contributed by atoms with Crippen LogP contribution in [-0.4, -0.2) is 21.5 Å². The lowest BCUT2D eigenvalue weighted by Crippen LogP contribution is -2.11. The number of aromatic nitrogens is 3. The molecule has 3 aromatic rings. The summed E-state index contributed by atoms with van der Waals surface area (Å²) in [6.07, 6.45) is 5.29. The summed E-state index contributed by atoms with van der Waals surface area (Å²) in [6, 6.07) is 5.66. The number of hydrogen-bond donors (Lipinski definition) is 3. The molecule has 0 aliphatic rings. The Kier molecular flexibility index (Phi) is 3.63. The van der Waals surface area contributed by atoms with Crippen molar-refractivity contribution in [3.63, 3.8) is 0 Å². The number of halogens is 1. The van der Waals surface area contributed by atoms with Gasteiger partial charge in [-0.1, -0.05) is 0 Å². The molecule has 0 unspecified atom stereocenters. The standard InChI is InChI=1S/C13H13BrN6O/c1-21-10-3-2-8(6-9(10)14)17-12-13-16-4-5-20(13)7-11(18-12)19-15/h2-7,19H,15H2,1H3,(H,17,18). The fourth-order valence-corrected chi connectivity index (χ4v) is 2.51. The molecule has 21 heavy (non-hydrogen) atoms. The van der Waals surface area contributed by atoms with Crippen LogP contribution in [-0.2, 0) is 0 Å². The Morgan fingerprint density at radius 3 is 2.95 bits per heavy atom. The summed E-state index contributed by atoms with van der Waals surface area (Å²) in [5, 5.41) is 3.22. The fourth-order valence-electron chi connectivity index (χ4n) is 1.97. The van der Waals surface area contributed by atoms with Gasteiger partial charge in [0.1, 0.15) is 5.75 Å². The van der Waals surface area contributed by atoms with Gasteiger partial charge in [0.25, 0.3) is 0 Å². The van der Waals surface area contributed by atoms with E-state index in [1.165, 1.54) is 0 Å². The zero-order valence-corrected chi connectivity index (χ0v) is 12.8. The van der Waals surface area contributed by atoms with Crippen molar-refractivity contribution < 1.29 is 4.74 Å². The van der Waals surface area contributed by atoms with Crippen molar-refractivity contribution in [3.05, 3.63) is 41.3 Å². The van der Waals surface area contributed by atoms with E-state index in [0.29, 0.717) is 17.3 Å². The number of fused-ring (bicyclic) bond motifs is 1. The number of nitrogen functional groups attached to an aromatic ring is 1. The first-order valence-electron chi connectivity index (χ1n) is 6.12. The van der Waals surface area contributed by atoms with Crippen LogP contribution in [0, 0.1) is 0 Å². The molecular formula is C13H13BrN6O. The number of anilines is 3. The molecule has 0 fully saturated rings. The highest BCUT2D eigenvalue weighted by atomic mass is 79.9. The molecule has 7 nitrogen and oxygen atoms in total. The van der Waals surface area contributed by atoms with Crippen LogP contribution in [0.3, 0.4) is 0 Å². The van der Waals surface area contributed by atoms with Crippen molar-refractivity contribution in [3.8, 4) is 5.75 Å². The zero-order valence-electron chi connectivity index (χ0n) is 11.2. The van der Waals surface area contributed by atoms with Gasteiger partial charge < -0.3 is 19.9 Å². The number of benzene rings is 1. The number of nitrogens with two attached hydrogens (primary N) is 1. The van der Waals surface area contributed by atoms with Crippen LogP contribution in [0.4, 0.5) is 17.3 Å². The molecule has 2 aromatic heterocycles. The quantitative estimate of drug-likeness (QED) is 0.495. The van der Waals surface area contributed by atoms with Crippen molar-refractivity contribution in [1.29, 1.82) is 0 Å². The topological polar surface area (TPSA) is 89.5 Å². The Labute approximate surface area is 129 Å². The van der Waals surface area contributed by atoms with Crippen molar-refractivity contribution >= 4 is 38.9 Å². The van der Waals surface area contributed by atoms with Gasteiger partial charge in [0.15, 0.2) is 17.3 Å². The van der Waals surface area contributed by atoms with Crippen LogP contribution in [0.5, 0.6) is 5.75 Å². The molecule has 0 saturated heterocycles. The minimum atomic E-state index is 0.538. The summed E-state index contributed by atoms with van der Waals surface area (Å²) >= 11 is 3.45. The molecule has 2 heterocycles. The summed E-state index contributed by atoms with van der Waals surface area (Å²) in [5.41, 5.74) is 4.10. The molecule has 1 aromatic carbocycles. The number of hydrogen-bond acceptors (Lipinski definition) is 6. The van der Waals surface area contributed by atoms with Crippen molar-refractivity contribution in [2.75, 3.05) is 17.9 Å². The van der Waals surface area contributed by atoms with Gasteiger partial charge in [-0.3, -0.25) is 0 Å². The third-order valence-corrected chi connectivity index (χ3v) is 3.56. The van der Waals surface area contributed by atoms with E-state index in [-0.39, 0.29) is 0 Å². The maximum Gasteiger partial charge on any atom is 0.180 e. The average molecular weight is 349 g/mol. The third kappa shape index (κ3) is 2.63. The minimum Gasteiger partial charge on any atom is -0.496 e. The summed E-state index contributed by atoms with van der Waals surface area (Å²) in [5.74, 6) is 7.34. The molecule has 0 radical (unpaired) electrons. The van der Waals surface area contributed by atoms with E-state index < -0.39 is 0 Å². The number of imidazole rings is 1. The van der Waals surface area contributed by atoms with Gasteiger partial charge in [-0.25, -0.2) is 15.8 Å². The van der Waals surface area contributed by atoms with Gasteiger partial charge in [0, 0.05) is 18.1 Å². The second-order valence-corrected chi connectivity index (χ2v) is 5.11. The fraction of sp³-hybridized carbons (Fsp3) is 0.0769. The van der Waals surface area contributed by atoms with Gasteiger partial charge >= 0.3 is 0 Å². The average Bonchev–Trinajstić information content (AvgIpc) is 2.96. The highest BCUT2D eigenvalue weighted by molar-refractivity contribution is 9.10. The van der Waals surface area contributed by atoms with Crippen LogP contribution in [0.2, 0.25) is 0 Å². The Balaban J connectivity index is 2.01. The summed E-state index contributed by atoms with van der Waals surface area (Å²) in [4.78, 5) is 8.66. The summed E-state index contributed by atoms with van der Waals surface area (Å²) in [6.45, 7) is 0. The van der Waals surface area contributed by atoms with Gasteiger partial charge in [0.05, 0.1) is 17.8 Å². The van der Waals surface area contributed by atoms with E-state index in [4.69, 9.17) is 10.6 Å². The zero-order chi connectivity index (χ0) is 14.8. The third-order valence-electron chi connectivity index (χ3n) is 2.94. The van der Waals surface area contributed by atoms with Crippen LogP contribution >= 0.6 is 15.9 Å². The minimum absolute atomic E-state index is 0.538. The summed E-state index contributed by atoms with van der Waals surface area (Å²) < 4.78 is 7.90. The molecule has 108 valence electrons. The van der Waals surface area contributed by atoms with E-state index in [1.807, 2.05) is 28.8 Å². The molecule has 0 aliphatic carbocycles. The van der Waals surface area contributed by atoms with E-state index in [0.717, 1.165) is 15.9 Å². The van der Waals surface area contributed by atoms with Gasteiger partial charge in [-0.2, -0.15) is 0 Å². The molecular weight excluding hydrogens is 336 g/mol. The molecule has 0 bridgehead atoms. The van der Waals surface area contributed by atoms with E-state index >= 15 is 0 Å². The van der Waals surface area contributed by atoms with E-state index in [2.05, 4.69) is 36.6 Å². The largest absolute Gasteiger partial charge is 0.496 e. The van der Waals surface area contributed by atoms with Crippen LogP contribution in [0.15, 0.2) is 41.3 Å². The molecule has 8 heteroatoms. The lowest BCUT2D eigenvalue weighted by molar-refractivity contribution is 0.412. The van der Waals surface area contributed by atoms with Crippen molar-refractivity contribution in [2.45, 2.75) is 0 Å². The van der Waals surface area contributed by atoms with Crippen molar-refractivity contribution in [2.24, 2.45) is 5.84 Å².